The van der Waals surface area contributed by atoms with Crippen molar-refractivity contribution in [2.24, 2.45) is 5.92 Å². The predicted molar refractivity (Wildman–Crippen MR) is 92.8 cm³/mol. The van der Waals surface area contributed by atoms with Crippen LogP contribution in [-0.2, 0) is 6.54 Å². The Morgan fingerprint density at radius 1 is 1.43 bits per heavy atom. The molecule has 3 heterocycles. The zero-order valence-electron chi connectivity index (χ0n) is 14.3. The van der Waals surface area contributed by atoms with Gasteiger partial charge in [-0.2, -0.15) is 0 Å². The summed E-state index contributed by atoms with van der Waals surface area (Å²) < 4.78 is 1.62. The van der Waals surface area contributed by atoms with Crippen molar-refractivity contribution in [3.63, 3.8) is 0 Å². The summed E-state index contributed by atoms with van der Waals surface area (Å²) in [6.45, 7) is 6.15. The molecule has 5 heteroatoms. The van der Waals surface area contributed by atoms with E-state index in [2.05, 4.69) is 23.9 Å². The molecule has 23 heavy (non-hydrogen) atoms. The van der Waals surface area contributed by atoms with Crippen LogP contribution in [0, 0.1) is 12.8 Å². The molecule has 0 bridgehead atoms. The van der Waals surface area contributed by atoms with Crippen LogP contribution < -0.4 is 5.56 Å². The summed E-state index contributed by atoms with van der Waals surface area (Å²) >= 11 is 0. The van der Waals surface area contributed by atoms with Gasteiger partial charge in [-0.15, -0.1) is 0 Å². The van der Waals surface area contributed by atoms with Gasteiger partial charge < -0.3 is 9.80 Å². The zero-order chi connectivity index (χ0) is 16.4. The largest absolute Gasteiger partial charge is 0.306 e. The van der Waals surface area contributed by atoms with Crippen LogP contribution in [0.15, 0.2) is 29.2 Å². The fraction of sp³-hybridized carbons (Fsp3) is 0.556. The van der Waals surface area contributed by atoms with Gasteiger partial charge in [0.1, 0.15) is 5.65 Å². The molecule has 0 aromatic carbocycles. The molecule has 1 unspecified atom stereocenters. The van der Waals surface area contributed by atoms with Gasteiger partial charge in [0.2, 0.25) is 0 Å². The van der Waals surface area contributed by atoms with E-state index in [1.165, 1.54) is 19.4 Å². The third-order valence-corrected chi connectivity index (χ3v) is 4.66. The molecule has 0 radical (unpaired) electrons. The molecule has 0 spiro atoms. The minimum atomic E-state index is -0.000463. The number of rotatable bonds is 4. The summed E-state index contributed by atoms with van der Waals surface area (Å²) in [5, 5.41) is 0. The van der Waals surface area contributed by atoms with E-state index in [1.54, 1.807) is 16.7 Å². The molecule has 0 saturated carbocycles. The van der Waals surface area contributed by atoms with Crippen molar-refractivity contribution in [3.05, 3.63) is 46.0 Å². The molecule has 3 rings (SSSR count). The van der Waals surface area contributed by atoms with Gasteiger partial charge >= 0.3 is 0 Å². The molecule has 1 aliphatic rings. The molecule has 5 nitrogen and oxygen atoms in total. The number of aromatic nitrogens is 2. The number of pyridine rings is 1. The van der Waals surface area contributed by atoms with Crippen molar-refractivity contribution in [3.8, 4) is 0 Å². The lowest BCUT2D eigenvalue weighted by Gasteiger charge is -2.32. The van der Waals surface area contributed by atoms with Gasteiger partial charge in [0, 0.05) is 31.9 Å². The van der Waals surface area contributed by atoms with Gasteiger partial charge in [-0.25, -0.2) is 4.98 Å². The maximum absolute atomic E-state index is 12.3. The van der Waals surface area contributed by atoms with Crippen LogP contribution in [0.3, 0.4) is 0 Å². The maximum Gasteiger partial charge on any atom is 0.258 e. The summed E-state index contributed by atoms with van der Waals surface area (Å²) in [5.41, 5.74) is 2.65. The zero-order valence-corrected chi connectivity index (χ0v) is 14.3. The van der Waals surface area contributed by atoms with E-state index in [9.17, 15) is 4.79 Å². The minimum absolute atomic E-state index is 0.000463. The molecule has 1 atom stereocenters. The second-order valence-electron chi connectivity index (χ2n) is 6.94. The minimum Gasteiger partial charge on any atom is -0.306 e. The first-order chi connectivity index (χ1) is 11.0. The van der Waals surface area contributed by atoms with E-state index in [-0.39, 0.29) is 5.56 Å². The second-order valence-corrected chi connectivity index (χ2v) is 6.94. The number of nitrogens with zero attached hydrogens (tertiary/aromatic N) is 4. The molecule has 0 aliphatic carbocycles. The van der Waals surface area contributed by atoms with Crippen LogP contribution in [0.5, 0.6) is 0 Å². The first kappa shape index (κ1) is 16.1. The molecule has 124 valence electrons. The monoisotopic (exact) mass is 314 g/mol. The second kappa shape index (κ2) is 6.81. The van der Waals surface area contributed by atoms with Crippen LogP contribution in [-0.4, -0.2) is 52.9 Å². The van der Waals surface area contributed by atoms with Crippen LogP contribution in [0.1, 0.15) is 24.1 Å². The van der Waals surface area contributed by atoms with Crippen molar-refractivity contribution in [2.75, 3.05) is 33.7 Å². The van der Waals surface area contributed by atoms with Crippen molar-refractivity contribution in [1.29, 1.82) is 0 Å². The van der Waals surface area contributed by atoms with Gasteiger partial charge in [0.05, 0.1) is 5.69 Å². The van der Waals surface area contributed by atoms with Crippen molar-refractivity contribution < 1.29 is 0 Å². The molecule has 2 aromatic heterocycles. The smallest absolute Gasteiger partial charge is 0.258 e. The van der Waals surface area contributed by atoms with Crippen LogP contribution in [0.25, 0.3) is 5.65 Å². The normalized spacial score (nSPS) is 19.6. The fourth-order valence-corrected chi connectivity index (χ4v) is 3.59. The first-order valence-corrected chi connectivity index (χ1v) is 8.38. The van der Waals surface area contributed by atoms with E-state index >= 15 is 0 Å². The summed E-state index contributed by atoms with van der Waals surface area (Å²) in [4.78, 5) is 21.7. The highest BCUT2D eigenvalue weighted by Crippen LogP contribution is 2.16. The number of piperidine rings is 1. The lowest BCUT2D eigenvalue weighted by atomic mass is 9.98. The van der Waals surface area contributed by atoms with Crippen molar-refractivity contribution >= 4 is 5.65 Å². The van der Waals surface area contributed by atoms with E-state index in [0.29, 0.717) is 5.92 Å². The van der Waals surface area contributed by atoms with E-state index < -0.39 is 0 Å². The van der Waals surface area contributed by atoms with E-state index in [1.807, 2.05) is 19.1 Å². The molecule has 1 aliphatic heterocycles. The van der Waals surface area contributed by atoms with Crippen LogP contribution >= 0.6 is 0 Å². The Labute approximate surface area is 137 Å². The van der Waals surface area contributed by atoms with Gasteiger partial charge in [-0.1, -0.05) is 6.07 Å². The summed E-state index contributed by atoms with van der Waals surface area (Å²) in [6.07, 6.45) is 4.36. The summed E-state index contributed by atoms with van der Waals surface area (Å²) in [7, 11) is 4.32. The number of likely N-dealkylation sites (tertiary alicyclic amines) is 1. The molecule has 0 amide bonds. The highest BCUT2D eigenvalue weighted by Gasteiger charge is 2.19. The number of aryl methyl sites for hydroxylation is 1. The topological polar surface area (TPSA) is 40.9 Å². The van der Waals surface area contributed by atoms with Gasteiger partial charge in [-0.05, 0) is 58.0 Å². The predicted octanol–water partition coefficient (Wildman–Crippen LogP) is 1.78. The summed E-state index contributed by atoms with van der Waals surface area (Å²) in [6, 6.07) is 5.54. The third kappa shape index (κ3) is 3.79. The Morgan fingerprint density at radius 3 is 3.04 bits per heavy atom. The van der Waals surface area contributed by atoms with Gasteiger partial charge in [-0.3, -0.25) is 9.20 Å². The van der Waals surface area contributed by atoms with E-state index in [4.69, 9.17) is 4.98 Å². The number of fused-ring (bicyclic) bond motifs is 1. The molecular formula is C18H26N4O. The van der Waals surface area contributed by atoms with Crippen molar-refractivity contribution in [1.82, 2.24) is 19.2 Å². The Hall–Kier alpha value is -1.72. The average Bonchev–Trinajstić information content (AvgIpc) is 2.48. The SMILES string of the molecule is Cc1cccn2c(=O)cc(CN(C)CC3CCCN(C)C3)nc12. The Kier molecular flexibility index (Phi) is 4.78. The molecule has 2 aromatic rings. The highest BCUT2D eigenvalue weighted by molar-refractivity contribution is 5.46. The van der Waals surface area contributed by atoms with Gasteiger partial charge in [0.25, 0.3) is 5.56 Å². The Bertz CT molecular complexity index is 739. The van der Waals surface area contributed by atoms with Crippen LogP contribution in [0.2, 0.25) is 0 Å². The number of hydrogen-bond donors (Lipinski definition) is 0. The summed E-state index contributed by atoms with van der Waals surface area (Å²) in [5.74, 6) is 0.710. The average molecular weight is 314 g/mol. The van der Waals surface area contributed by atoms with Crippen LogP contribution in [0.4, 0.5) is 0 Å². The van der Waals surface area contributed by atoms with Gasteiger partial charge in [0.15, 0.2) is 0 Å². The molecule has 1 fully saturated rings. The molecule has 0 N–H and O–H groups in total. The van der Waals surface area contributed by atoms with E-state index in [0.717, 1.165) is 36.5 Å². The lowest BCUT2D eigenvalue weighted by molar-refractivity contribution is 0.163. The Morgan fingerprint density at radius 2 is 2.26 bits per heavy atom. The fourth-order valence-electron chi connectivity index (χ4n) is 3.59. The first-order valence-electron chi connectivity index (χ1n) is 8.38. The maximum atomic E-state index is 12.3. The van der Waals surface area contributed by atoms with Crippen molar-refractivity contribution in [2.45, 2.75) is 26.3 Å². The quantitative estimate of drug-likeness (QED) is 0.862. The molecule has 1 saturated heterocycles. The molecular weight excluding hydrogens is 288 g/mol. The third-order valence-electron chi connectivity index (χ3n) is 4.66. The number of hydrogen-bond acceptors (Lipinski definition) is 4. The Balaban J connectivity index is 1.73. The highest BCUT2D eigenvalue weighted by atomic mass is 16.1. The lowest BCUT2D eigenvalue weighted by Crippen LogP contribution is -2.38. The standard InChI is InChI=1S/C18H26N4O/c1-14-6-4-9-22-17(23)10-16(19-18(14)22)13-21(3)12-15-7-5-8-20(2)11-15/h4,6,9-10,15H,5,7-8,11-13H2,1-3H3.